The molecule has 9 nitrogen and oxygen atoms in total. The molecule has 0 aliphatic carbocycles. The van der Waals surface area contributed by atoms with Gasteiger partial charge in [-0.1, -0.05) is 29.7 Å². The Morgan fingerprint density at radius 1 is 1.23 bits per heavy atom. The number of ether oxygens (including phenoxy) is 1. The van der Waals surface area contributed by atoms with Crippen molar-refractivity contribution in [3.63, 3.8) is 0 Å². The molecule has 0 unspecified atom stereocenters. The van der Waals surface area contributed by atoms with Crippen molar-refractivity contribution in [3.8, 4) is 18.1 Å². The van der Waals surface area contributed by atoms with Gasteiger partial charge in [-0.05, 0) is 29.8 Å². The van der Waals surface area contributed by atoms with Crippen molar-refractivity contribution >= 4 is 46.9 Å². The lowest BCUT2D eigenvalue weighted by Gasteiger charge is -2.26. The number of carbonyl (C=O) groups excluding carboxylic acids is 3. The number of nitro groups is 1. The topological polar surface area (TPSA) is 119 Å². The fraction of sp³-hybridized carbons (Fsp3) is 0.0500. The number of hydrogen-bond acceptors (Lipinski definition) is 6. The molecule has 1 aliphatic rings. The number of anilines is 1. The SMILES string of the molecule is C#CCOc1ccc(/C=C2\C(=O)NC(=O)N(c3cccc([N+](=O)[O-])c3)C2=O)cc1Cl. The lowest BCUT2D eigenvalue weighted by Crippen LogP contribution is -2.54. The first-order valence-electron chi connectivity index (χ1n) is 8.33. The van der Waals surface area contributed by atoms with Gasteiger partial charge in [0, 0.05) is 12.1 Å². The fourth-order valence-electron chi connectivity index (χ4n) is 2.65. The maximum absolute atomic E-state index is 12.9. The average molecular weight is 426 g/mol. The van der Waals surface area contributed by atoms with Crippen LogP contribution in [-0.2, 0) is 9.59 Å². The van der Waals surface area contributed by atoms with Crippen LogP contribution in [-0.4, -0.2) is 29.4 Å². The van der Waals surface area contributed by atoms with E-state index in [1.54, 1.807) is 6.07 Å². The quantitative estimate of drug-likeness (QED) is 0.258. The van der Waals surface area contributed by atoms with Crippen molar-refractivity contribution in [2.24, 2.45) is 0 Å². The number of rotatable bonds is 5. The van der Waals surface area contributed by atoms with E-state index in [1.807, 2.05) is 5.32 Å². The zero-order valence-corrected chi connectivity index (χ0v) is 15.9. The molecule has 1 N–H and O–H groups in total. The number of benzene rings is 2. The first kappa shape index (κ1) is 20.6. The Morgan fingerprint density at radius 3 is 2.67 bits per heavy atom. The zero-order valence-electron chi connectivity index (χ0n) is 15.1. The highest BCUT2D eigenvalue weighted by molar-refractivity contribution is 6.39. The van der Waals surface area contributed by atoms with Crippen molar-refractivity contribution in [2.45, 2.75) is 0 Å². The number of hydrogen-bond donors (Lipinski definition) is 1. The molecule has 150 valence electrons. The van der Waals surface area contributed by atoms with E-state index in [0.717, 1.165) is 6.07 Å². The number of non-ortho nitro benzene ring substituents is 1. The van der Waals surface area contributed by atoms with Gasteiger partial charge >= 0.3 is 6.03 Å². The second-order valence-electron chi connectivity index (χ2n) is 5.92. The van der Waals surface area contributed by atoms with Crippen LogP contribution >= 0.6 is 11.6 Å². The predicted octanol–water partition coefficient (Wildman–Crippen LogP) is 2.93. The van der Waals surface area contributed by atoms with Crippen molar-refractivity contribution in [1.29, 1.82) is 0 Å². The standard InChI is InChI=1S/C20H12ClN3O6/c1-2-8-30-17-7-6-12(10-16(17)21)9-15-18(25)22-20(27)23(19(15)26)13-4-3-5-14(11-13)24(28)29/h1,3-7,9-11H,8H2,(H,22,25,27)/b15-9+. The van der Waals surface area contributed by atoms with E-state index in [0.29, 0.717) is 16.2 Å². The minimum Gasteiger partial charge on any atom is -0.479 e. The molecule has 2 aromatic carbocycles. The molecule has 1 fully saturated rings. The number of nitrogens with one attached hydrogen (secondary N) is 1. The number of barbiturate groups is 1. The highest BCUT2D eigenvalue weighted by Gasteiger charge is 2.37. The van der Waals surface area contributed by atoms with Crippen LogP contribution < -0.4 is 15.0 Å². The zero-order chi connectivity index (χ0) is 21.8. The highest BCUT2D eigenvalue weighted by Crippen LogP contribution is 2.28. The second-order valence-corrected chi connectivity index (χ2v) is 6.32. The molecule has 2 aromatic rings. The first-order chi connectivity index (χ1) is 14.3. The van der Waals surface area contributed by atoms with E-state index < -0.39 is 22.8 Å². The van der Waals surface area contributed by atoms with Crippen molar-refractivity contribution in [1.82, 2.24) is 5.32 Å². The van der Waals surface area contributed by atoms with Crippen LogP contribution in [0.1, 0.15) is 5.56 Å². The van der Waals surface area contributed by atoms with Gasteiger partial charge in [0.25, 0.3) is 17.5 Å². The molecule has 0 saturated carbocycles. The van der Waals surface area contributed by atoms with Gasteiger partial charge in [0.1, 0.15) is 17.9 Å². The van der Waals surface area contributed by atoms with Crippen LogP contribution in [0.3, 0.4) is 0 Å². The normalized spacial score (nSPS) is 15.0. The van der Waals surface area contributed by atoms with Crippen LogP contribution in [0.4, 0.5) is 16.2 Å². The summed E-state index contributed by atoms with van der Waals surface area (Å²) in [6.07, 6.45) is 6.37. The number of urea groups is 1. The van der Waals surface area contributed by atoms with Crippen LogP contribution in [0.15, 0.2) is 48.0 Å². The molecule has 10 heteroatoms. The number of halogens is 1. The Morgan fingerprint density at radius 2 is 2.00 bits per heavy atom. The van der Waals surface area contributed by atoms with Crippen LogP contribution in [0, 0.1) is 22.5 Å². The molecule has 1 saturated heterocycles. The van der Waals surface area contributed by atoms with E-state index in [-0.39, 0.29) is 28.6 Å². The lowest BCUT2D eigenvalue weighted by molar-refractivity contribution is -0.384. The highest BCUT2D eigenvalue weighted by atomic mass is 35.5. The van der Waals surface area contributed by atoms with E-state index in [4.69, 9.17) is 22.8 Å². The number of carbonyl (C=O) groups is 3. The van der Waals surface area contributed by atoms with Crippen molar-refractivity contribution in [2.75, 3.05) is 11.5 Å². The third kappa shape index (κ3) is 4.14. The predicted molar refractivity (Wildman–Crippen MR) is 108 cm³/mol. The van der Waals surface area contributed by atoms with Gasteiger partial charge in [-0.25, -0.2) is 9.69 Å². The molecule has 1 aliphatic heterocycles. The van der Waals surface area contributed by atoms with E-state index in [1.165, 1.54) is 36.4 Å². The molecule has 30 heavy (non-hydrogen) atoms. The smallest absolute Gasteiger partial charge is 0.335 e. The van der Waals surface area contributed by atoms with E-state index in [2.05, 4.69) is 5.92 Å². The van der Waals surface area contributed by atoms with Gasteiger partial charge in [-0.15, -0.1) is 6.42 Å². The van der Waals surface area contributed by atoms with Gasteiger partial charge < -0.3 is 4.74 Å². The summed E-state index contributed by atoms with van der Waals surface area (Å²) in [7, 11) is 0. The molecule has 4 amide bonds. The largest absolute Gasteiger partial charge is 0.479 e. The Bertz CT molecular complexity index is 1150. The van der Waals surface area contributed by atoms with Crippen LogP contribution in [0.5, 0.6) is 5.75 Å². The maximum atomic E-state index is 12.9. The third-order valence-corrected chi connectivity index (χ3v) is 4.27. The molecular weight excluding hydrogens is 414 g/mol. The summed E-state index contributed by atoms with van der Waals surface area (Å²) in [5, 5.41) is 13.2. The summed E-state index contributed by atoms with van der Waals surface area (Å²) in [4.78, 5) is 48.3. The van der Waals surface area contributed by atoms with Crippen LogP contribution in [0.25, 0.3) is 6.08 Å². The van der Waals surface area contributed by atoms with Crippen molar-refractivity contribution < 1.29 is 24.0 Å². The van der Waals surface area contributed by atoms with Gasteiger partial charge in [0.15, 0.2) is 0 Å². The van der Waals surface area contributed by atoms with E-state index in [9.17, 15) is 24.5 Å². The van der Waals surface area contributed by atoms with Crippen molar-refractivity contribution in [3.05, 3.63) is 68.7 Å². The van der Waals surface area contributed by atoms with Gasteiger partial charge in [-0.2, -0.15) is 0 Å². The number of imide groups is 2. The minimum atomic E-state index is -1.02. The van der Waals surface area contributed by atoms with Gasteiger partial charge in [0.05, 0.1) is 15.6 Å². The number of terminal acetylenes is 1. The maximum Gasteiger partial charge on any atom is 0.335 e. The molecule has 0 atom stereocenters. The van der Waals surface area contributed by atoms with Gasteiger partial charge in [0.2, 0.25) is 0 Å². The Balaban J connectivity index is 1.96. The molecule has 1 heterocycles. The third-order valence-electron chi connectivity index (χ3n) is 3.98. The molecule has 0 aromatic heterocycles. The average Bonchev–Trinajstić information content (AvgIpc) is 2.70. The van der Waals surface area contributed by atoms with Gasteiger partial charge in [-0.3, -0.25) is 25.0 Å². The Kier molecular flexibility index (Phi) is 5.80. The Labute approximate surface area is 175 Å². The Hall–Kier alpha value is -4.16. The monoisotopic (exact) mass is 425 g/mol. The fourth-order valence-corrected chi connectivity index (χ4v) is 2.89. The summed E-state index contributed by atoms with van der Waals surface area (Å²) in [5.41, 5.74) is -0.333. The van der Waals surface area contributed by atoms with E-state index >= 15 is 0 Å². The summed E-state index contributed by atoms with van der Waals surface area (Å²) < 4.78 is 5.25. The lowest BCUT2D eigenvalue weighted by atomic mass is 10.1. The number of nitrogens with zero attached hydrogens (tertiary/aromatic N) is 2. The first-order valence-corrected chi connectivity index (χ1v) is 8.71. The van der Waals surface area contributed by atoms with Crippen LogP contribution in [0.2, 0.25) is 5.02 Å². The summed E-state index contributed by atoms with van der Waals surface area (Å²) in [6, 6.07) is 8.42. The minimum absolute atomic E-state index is 0.0152. The molecule has 0 spiro atoms. The molecule has 0 bridgehead atoms. The molecule has 3 rings (SSSR count). The second kappa shape index (κ2) is 8.46. The summed E-state index contributed by atoms with van der Waals surface area (Å²) in [6.45, 7) is 0.0152. The molecule has 0 radical (unpaired) electrons. The summed E-state index contributed by atoms with van der Waals surface area (Å²) >= 11 is 6.11. The number of nitro benzene ring substituents is 1. The molecular formula is C20H12ClN3O6. The summed E-state index contributed by atoms with van der Waals surface area (Å²) in [5.74, 6) is 0.781. The number of amides is 4.